The van der Waals surface area contributed by atoms with Gasteiger partial charge in [-0.1, -0.05) is 55.1 Å². The number of benzene rings is 3. The van der Waals surface area contributed by atoms with Gasteiger partial charge in [0.2, 0.25) is 5.76 Å². The summed E-state index contributed by atoms with van der Waals surface area (Å²) < 4.78 is 12.0. The normalized spacial score (nSPS) is 15.3. The Morgan fingerprint density at radius 3 is 2.68 bits per heavy atom. The van der Waals surface area contributed by atoms with E-state index in [1.54, 1.807) is 17.0 Å². The highest BCUT2D eigenvalue weighted by molar-refractivity contribution is 6.06. The van der Waals surface area contributed by atoms with E-state index in [4.69, 9.17) is 9.15 Å². The maximum absolute atomic E-state index is 13.8. The molecule has 5 rings (SSSR count). The van der Waals surface area contributed by atoms with Crippen molar-refractivity contribution in [3.05, 3.63) is 100 Å². The first-order chi connectivity index (χ1) is 16.5. The van der Waals surface area contributed by atoms with E-state index < -0.39 is 6.04 Å². The van der Waals surface area contributed by atoms with Crippen LogP contribution in [-0.4, -0.2) is 49.5 Å². The van der Waals surface area contributed by atoms with E-state index >= 15 is 0 Å². The second-order valence-corrected chi connectivity index (χ2v) is 8.71. The molecule has 3 aromatic carbocycles. The van der Waals surface area contributed by atoms with Crippen LogP contribution < -0.4 is 10.2 Å². The summed E-state index contributed by atoms with van der Waals surface area (Å²) in [5, 5.41) is 2.25. The summed E-state index contributed by atoms with van der Waals surface area (Å²) in [5.41, 5.74) is 1.46. The lowest BCUT2D eigenvalue weighted by molar-refractivity contribution is 0.0716. The van der Waals surface area contributed by atoms with Crippen molar-refractivity contribution in [2.24, 2.45) is 0 Å². The number of likely N-dealkylation sites (N-methyl/N-ethyl adjacent to an activating group) is 1. The maximum atomic E-state index is 13.8. The molecule has 1 unspecified atom stereocenters. The zero-order valence-corrected chi connectivity index (χ0v) is 19.3. The van der Waals surface area contributed by atoms with Crippen LogP contribution in [0.5, 0.6) is 5.75 Å². The second-order valence-electron chi connectivity index (χ2n) is 8.71. The third-order valence-corrected chi connectivity index (χ3v) is 6.19. The Morgan fingerprint density at radius 1 is 1.06 bits per heavy atom. The molecule has 2 heterocycles. The van der Waals surface area contributed by atoms with Gasteiger partial charge in [0.15, 0.2) is 5.43 Å². The predicted molar refractivity (Wildman–Crippen MR) is 134 cm³/mol. The number of carbonyl (C=O) groups is 1. The Morgan fingerprint density at radius 2 is 1.88 bits per heavy atom. The molecular formula is C28H26N2O4. The lowest BCUT2D eigenvalue weighted by Crippen LogP contribution is -2.35. The van der Waals surface area contributed by atoms with Crippen molar-refractivity contribution in [1.82, 2.24) is 9.80 Å². The minimum Gasteiger partial charge on any atom is -0.490 e. The summed E-state index contributed by atoms with van der Waals surface area (Å²) in [6, 6.07) is 18.4. The molecule has 4 aromatic rings. The SMILES string of the molecule is C=CCOc1cccc(C2c3c(oc4c(ccc5ccccc54)c3=O)C(=O)N2CCN(C)C)c1. The fourth-order valence-corrected chi connectivity index (χ4v) is 4.56. The summed E-state index contributed by atoms with van der Waals surface area (Å²) in [4.78, 5) is 31.2. The van der Waals surface area contributed by atoms with Crippen LogP contribution in [0.4, 0.5) is 0 Å². The second kappa shape index (κ2) is 8.80. The Balaban J connectivity index is 1.73. The molecule has 0 fully saturated rings. The van der Waals surface area contributed by atoms with Gasteiger partial charge >= 0.3 is 0 Å². The van der Waals surface area contributed by atoms with Gasteiger partial charge < -0.3 is 19.0 Å². The summed E-state index contributed by atoms with van der Waals surface area (Å²) in [6.45, 7) is 5.17. The van der Waals surface area contributed by atoms with Gasteiger partial charge in [0.05, 0.1) is 17.0 Å². The van der Waals surface area contributed by atoms with Crippen molar-refractivity contribution in [3.8, 4) is 5.75 Å². The van der Waals surface area contributed by atoms with Crippen molar-refractivity contribution < 1.29 is 13.9 Å². The Labute approximate surface area is 197 Å². The molecule has 0 bridgehead atoms. The molecule has 6 nitrogen and oxygen atoms in total. The molecule has 1 aliphatic rings. The quantitative estimate of drug-likeness (QED) is 0.301. The number of hydrogen-bond acceptors (Lipinski definition) is 5. The highest BCUT2D eigenvalue weighted by atomic mass is 16.5. The Hall–Kier alpha value is -3.90. The average molecular weight is 455 g/mol. The molecule has 6 heteroatoms. The van der Waals surface area contributed by atoms with Gasteiger partial charge in [-0.05, 0) is 43.2 Å². The van der Waals surface area contributed by atoms with Gasteiger partial charge in [0.25, 0.3) is 5.91 Å². The molecule has 0 N–H and O–H groups in total. The molecule has 34 heavy (non-hydrogen) atoms. The fraction of sp³-hybridized carbons (Fsp3) is 0.214. The van der Waals surface area contributed by atoms with Crippen LogP contribution in [0.25, 0.3) is 21.7 Å². The molecule has 0 saturated heterocycles. The number of fused-ring (bicyclic) bond motifs is 4. The summed E-state index contributed by atoms with van der Waals surface area (Å²) in [6.07, 6.45) is 1.68. The zero-order valence-electron chi connectivity index (χ0n) is 19.3. The standard InChI is InChI=1S/C28H26N2O4/c1-4-16-33-20-10-7-9-19(17-20)24-23-25(31)22-13-12-18-8-5-6-11-21(18)26(22)34-27(23)28(32)30(24)15-14-29(2)3/h4-13,17,24H,1,14-16H2,2-3H3. The van der Waals surface area contributed by atoms with E-state index in [0.717, 1.165) is 16.3 Å². The Kier molecular flexibility index (Phi) is 5.67. The lowest BCUT2D eigenvalue weighted by atomic mass is 9.97. The molecule has 1 aromatic heterocycles. The molecule has 0 aliphatic carbocycles. The summed E-state index contributed by atoms with van der Waals surface area (Å²) in [5.74, 6) is 0.503. The number of amides is 1. The fourth-order valence-electron chi connectivity index (χ4n) is 4.56. The first-order valence-corrected chi connectivity index (χ1v) is 11.3. The van der Waals surface area contributed by atoms with Crippen LogP contribution in [-0.2, 0) is 0 Å². The minimum absolute atomic E-state index is 0.120. The first kappa shape index (κ1) is 21.9. The topological polar surface area (TPSA) is 63.0 Å². The van der Waals surface area contributed by atoms with E-state index in [9.17, 15) is 9.59 Å². The van der Waals surface area contributed by atoms with Crippen molar-refractivity contribution >= 4 is 27.6 Å². The van der Waals surface area contributed by atoms with E-state index in [0.29, 0.717) is 42.0 Å². The summed E-state index contributed by atoms with van der Waals surface area (Å²) in [7, 11) is 3.91. The smallest absolute Gasteiger partial charge is 0.290 e. The van der Waals surface area contributed by atoms with Crippen molar-refractivity contribution in [2.45, 2.75) is 6.04 Å². The van der Waals surface area contributed by atoms with E-state index in [-0.39, 0.29) is 17.1 Å². The van der Waals surface area contributed by atoms with E-state index in [1.807, 2.05) is 73.6 Å². The molecule has 1 aliphatic heterocycles. The van der Waals surface area contributed by atoms with E-state index in [1.165, 1.54) is 0 Å². The van der Waals surface area contributed by atoms with Gasteiger partial charge in [-0.15, -0.1) is 0 Å². The number of ether oxygens (including phenoxy) is 1. The van der Waals surface area contributed by atoms with Crippen molar-refractivity contribution in [1.29, 1.82) is 0 Å². The zero-order chi connectivity index (χ0) is 23.8. The highest BCUT2D eigenvalue weighted by Gasteiger charge is 2.42. The number of rotatable bonds is 7. The predicted octanol–water partition coefficient (Wildman–Crippen LogP) is 4.62. The molecule has 1 atom stereocenters. The van der Waals surface area contributed by atoms with Crippen LogP contribution in [0.1, 0.15) is 27.7 Å². The number of carbonyl (C=O) groups excluding carboxylic acids is 1. The molecule has 172 valence electrons. The van der Waals surface area contributed by atoms with Crippen LogP contribution in [0, 0.1) is 0 Å². The van der Waals surface area contributed by atoms with Crippen LogP contribution >= 0.6 is 0 Å². The lowest BCUT2D eigenvalue weighted by Gasteiger charge is -2.26. The van der Waals surface area contributed by atoms with Gasteiger partial charge in [-0.2, -0.15) is 0 Å². The van der Waals surface area contributed by atoms with Crippen LogP contribution in [0.2, 0.25) is 0 Å². The third-order valence-electron chi connectivity index (χ3n) is 6.19. The van der Waals surface area contributed by atoms with Crippen LogP contribution in [0.15, 0.2) is 82.5 Å². The molecule has 0 radical (unpaired) electrons. The molecular weight excluding hydrogens is 428 g/mol. The number of hydrogen-bond donors (Lipinski definition) is 0. The maximum Gasteiger partial charge on any atom is 0.290 e. The first-order valence-electron chi connectivity index (χ1n) is 11.3. The summed E-state index contributed by atoms with van der Waals surface area (Å²) >= 11 is 0. The third kappa shape index (κ3) is 3.66. The van der Waals surface area contributed by atoms with Crippen molar-refractivity contribution in [2.75, 3.05) is 33.8 Å². The van der Waals surface area contributed by atoms with Crippen molar-refractivity contribution in [3.63, 3.8) is 0 Å². The largest absolute Gasteiger partial charge is 0.490 e. The van der Waals surface area contributed by atoms with Crippen LogP contribution in [0.3, 0.4) is 0 Å². The van der Waals surface area contributed by atoms with Gasteiger partial charge in [-0.3, -0.25) is 9.59 Å². The minimum atomic E-state index is -0.554. The van der Waals surface area contributed by atoms with E-state index in [2.05, 4.69) is 6.58 Å². The number of nitrogens with zero attached hydrogens (tertiary/aromatic N) is 2. The van der Waals surface area contributed by atoms with Gasteiger partial charge in [0, 0.05) is 18.5 Å². The van der Waals surface area contributed by atoms with Gasteiger partial charge in [-0.25, -0.2) is 0 Å². The van der Waals surface area contributed by atoms with Gasteiger partial charge in [0.1, 0.15) is 17.9 Å². The monoisotopic (exact) mass is 454 g/mol. The Bertz CT molecular complexity index is 1470. The molecule has 0 spiro atoms. The average Bonchev–Trinajstić information content (AvgIpc) is 3.13. The molecule has 1 amide bonds. The molecule has 0 saturated carbocycles. The highest BCUT2D eigenvalue weighted by Crippen LogP contribution is 2.39.